The largest absolute Gasteiger partial charge is 0.422 e. The van der Waals surface area contributed by atoms with Crippen LogP contribution in [0.4, 0.5) is 18.9 Å². The average Bonchev–Trinajstić information content (AvgIpc) is 2.57. The molecule has 1 aromatic rings. The molecule has 0 saturated carbocycles. The van der Waals surface area contributed by atoms with Crippen LogP contribution < -0.4 is 4.90 Å². The molecule has 3 heterocycles. The minimum Gasteiger partial charge on any atom is -0.422 e. The molecule has 1 atom stereocenters. The summed E-state index contributed by atoms with van der Waals surface area (Å²) in [6.45, 7) is 3.49. The first-order valence-corrected chi connectivity index (χ1v) is 8.98. The number of benzene rings is 1. The number of hydrogen-bond acceptors (Lipinski definition) is 5. The third-order valence-corrected chi connectivity index (χ3v) is 5.66. The van der Waals surface area contributed by atoms with E-state index in [4.69, 9.17) is 9.47 Å². The molecule has 3 aliphatic heterocycles. The summed E-state index contributed by atoms with van der Waals surface area (Å²) in [6.07, 6.45) is -2.42. The highest BCUT2D eigenvalue weighted by molar-refractivity contribution is 6.04. The van der Waals surface area contributed by atoms with E-state index in [0.29, 0.717) is 24.2 Å². The lowest BCUT2D eigenvalue weighted by molar-refractivity contribution is -0.253. The zero-order valence-corrected chi connectivity index (χ0v) is 15.1. The van der Waals surface area contributed by atoms with Crippen LogP contribution >= 0.6 is 0 Å². The van der Waals surface area contributed by atoms with Crippen molar-refractivity contribution in [2.45, 2.75) is 57.5 Å². The highest BCUT2D eigenvalue weighted by Gasteiger charge is 2.64. The molecule has 2 fully saturated rings. The molecule has 0 radical (unpaired) electrons. The quantitative estimate of drug-likeness (QED) is 0.507. The number of carbonyl (C=O) groups excluding carboxylic acids is 2. The zero-order chi connectivity index (χ0) is 19.6. The highest BCUT2D eigenvalue weighted by atomic mass is 19.4. The Morgan fingerprint density at radius 3 is 2.41 bits per heavy atom. The summed E-state index contributed by atoms with van der Waals surface area (Å²) in [6, 6.07) is 3.03. The van der Waals surface area contributed by atoms with E-state index in [0.717, 1.165) is 25.0 Å². The number of rotatable bonds is 0. The fraction of sp³-hybridized carbons (Fsp3) is 0.579. The number of alkyl halides is 3. The lowest BCUT2D eigenvalue weighted by Crippen LogP contribution is -2.66. The van der Waals surface area contributed by atoms with Crippen LogP contribution in [0.2, 0.25) is 0 Å². The fourth-order valence-electron chi connectivity index (χ4n) is 4.48. The SMILES string of the molecule is CC1(C)OC(=O)C2(Cc3cc(C(F)(F)F)ccc3N3CCCC[C@@H]32)C(=O)O1. The number of carbonyl (C=O) groups is 2. The second-order valence-corrected chi connectivity index (χ2v) is 7.87. The fourth-order valence-corrected chi connectivity index (χ4v) is 4.48. The van der Waals surface area contributed by atoms with E-state index in [1.165, 1.54) is 19.9 Å². The Balaban J connectivity index is 1.86. The van der Waals surface area contributed by atoms with E-state index in [1.54, 1.807) is 0 Å². The molecule has 0 N–H and O–H groups in total. The average molecular weight is 383 g/mol. The molecule has 1 aromatic carbocycles. The number of nitrogens with zero attached hydrogens (tertiary/aromatic N) is 1. The summed E-state index contributed by atoms with van der Waals surface area (Å²) in [4.78, 5) is 27.8. The monoisotopic (exact) mass is 383 g/mol. The minimum atomic E-state index is -4.50. The van der Waals surface area contributed by atoms with Gasteiger partial charge in [-0.2, -0.15) is 13.2 Å². The van der Waals surface area contributed by atoms with Crippen LogP contribution in [0.5, 0.6) is 0 Å². The minimum absolute atomic E-state index is 0.152. The normalized spacial score (nSPS) is 26.1. The number of fused-ring (bicyclic) bond motifs is 4. The molecule has 0 aromatic heterocycles. The van der Waals surface area contributed by atoms with Gasteiger partial charge in [0, 0.05) is 32.5 Å². The smallest absolute Gasteiger partial charge is 0.416 e. The molecule has 1 spiro atoms. The van der Waals surface area contributed by atoms with Crippen molar-refractivity contribution in [2.24, 2.45) is 5.41 Å². The number of halogens is 3. The summed E-state index contributed by atoms with van der Waals surface area (Å²) in [5.41, 5.74) is -1.47. The van der Waals surface area contributed by atoms with Crippen molar-refractivity contribution in [1.29, 1.82) is 0 Å². The first-order chi connectivity index (χ1) is 12.5. The van der Waals surface area contributed by atoms with Gasteiger partial charge in [-0.25, -0.2) is 0 Å². The maximum atomic E-state index is 13.2. The van der Waals surface area contributed by atoms with Crippen molar-refractivity contribution in [3.63, 3.8) is 0 Å². The third kappa shape index (κ3) is 2.68. The molecule has 27 heavy (non-hydrogen) atoms. The number of cyclic esters (lactones) is 2. The van der Waals surface area contributed by atoms with Crippen LogP contribution in [-0.2, 0) is 31.7 Å². The Labute approximate surface area is 154 Å². The molecule has 0 amide bonds. The van der Waals surface area contributed by atoms with Gasteiger partial charge in [0.2, 0.25) is 0 Å². The number of hydrogen-bond donors (Lipinski definition) is 0. The van der Waals surface area contributed by atoms with Gasteiger partial charge in [-0.3, -0.25) is 9.59 Å². The standard InChI is InChI=1S/C19H20F3NO4/c1-17(2)26-15(24)18(16(25)27-17)10-11-9-12(19(20,21)22)6-7-13(11)23-8-4-3-5-14(18)23/h6-7,9,14H,3-5,8,10H2,1-2H3/t14-/m1/s1. The Hall–Kier alpha value is -2.25. The Morgan fingerprint density at radius 1 is 1.11 bits per heavy atom. The molecule has 2 saturated heterocycles. The topological polar surface area (TPSA) is 55.8 Å². The van der Waals surface area contributed by atoms with E-state index in [9.17, 15) is 22.8 Å². The molecule has 146 valence electrons. The van der Waals surface area contributed by atoms with Gasteiger partial charge in [0.05, 0.1) is 11.6 Å². The zero-order valence-electron chi connectivity index (χ0n) is 15.1. The molecule has 0 unspecified atom stereocenters. The molecule has 5 nitrogen and oxygen atoms in total. The van der Waals surface area contributed by atoms with Crippen LogP contribution in [0.3, 0.4) is 0 Å². The van der Waals surface area contributed by atoms with Crippen LogP contribution in [0.1, 0.15) is 44.2 Å². The van der Waals surface area contributed by atoms with E-state index in [-0.39, 0.29) is 6.42 Å². The summed E-state index contributed by atoms with van der Waals surface area (Å²) in [7, 11) is 0. The number of anilines is 1. The van der Waals surface area contributed by atoms with Gasteiger partial charge in [0.15, 0.2) is 5.41 Å². The third-order valence-electron chi connectivity index (χ3n) is 5.66. The number of esters is 2. The van der Waals surface area contributed by atoms with Crippen molar-refractivity contribution >= 4 is 17.6 Å². The van der Waals surface area contributed by atoms with Gasteiger partial charge in [-0.1, -0.05) is 0 Å². The van der Waals surface area contributed by atoms with Crippen LogP contribution in [0.25, 0.3) is 0 Å². The number of ether oxygens (including phenoxy) is 2. The summed E-state index contributed by atoms with van der Waals surface area (Å²) in [5.74, 6) is -2.82. The maximum absolute atomic E-state index is 13.2. The highest BCUT2D eigenvalue weighted by Crippen LogP contribution is 2.50. The lowest BCUT2D eigenvalue weighted by Gasteiger charge is -2.53. The molecular formula is C19H20F3NO4. The Morgan fingerprint density at radius 2 is 1.78 bits per heavy atom. The van der Waals surface area contributed by atoms with Crippen LogP contribution in [-0.4, -0.2) is 30.3 Å². The molecule has 8 heteroatoms. The summed E-state index contributed by atoms with van der Waals surface area (Å²) < 4.78 is 50.3. The van der Waals surface area contributed by atoms with Crippen molar-refractivity contribution in [3.05, 3.63) is 29.3 Å². The van der Waals surface area contributed by atoms with Gasteiger partial charge < -0.3 is 14.4 Å². The first kappa shape index (κ1) is 18.1. The van der Waals surface area contributed by atoms with Crippen molar-refractivity contribution in [3.8, 4) is 0 Å². The van der Waals surface area contributed by atoms with E-state index < -0.39 is 40.9 Å². The predicted molar refractivity (Wildman–Crippen MR) is 88.8 cm³/mol. The lowest BCUT2D eigenvalue weighted by atomic mass is 9.67. The van der Waals surface area contributed by atoms with E-state index in [1.807, 2.05) is 4.90 Å². The van der Waals surface area contributed by atoms with Gasteiger partial charge in [0.1, 0.15) is 0 Å². The van der Waals surface area contributed by atoms with Crippen molar-refractivity contribution in [2.75, 3.05) is 11.4 Å². The molecule has 0 bridgehead atoms. The van der Waals surface area contributed by atoms with Crippen LogP contribution in [0.15, 0.2) is 18.2 Å². The van der Waals surface area contributed by atoms with E-state index in [2.05, 4.69) is 0 Å². The Kier molecular flexibility index (Phi) is 3.78. The Bertz CT molecular complexity index is 798. The van der Waals surface area contributed by atoms with E-state index >= 15 is 0 Å². The molecular weight excluding hydrogens is 363 g/mol. The first-order valence-electron chi connectivity index (χ1n) is 8.98. The summed E-state index contributed by atoms with van der Waals surface area (Å²) in [5, 5.41) is 0. The molecule has 4 rings (SSSR count). The van der Waals surface area contributed by atoms with Crippen LogP contribution in [0, 0.1) is 5.41 Å². The maximum Gasteiger partial charge on any atom is 0.416 e. The second-order valence-electron chi connectivity index (χ2n) is 7.87. The van der Waals surface area contributed by atoms with Crippen molar-refractivity contribution < 1.29 is 32.2 Å². The van der Waals surface area contributed by atoms with Gasteiger partial charge in [0.25, 0.3) is 5.79 Å². The van der Waals surface area contributed by atoms with Gasteiger partial charge in [-0.15, -0.1) is 0 Å². The predicted octanol–water partition coefficient (Wildman–Crippen LogP) is 3.44. The number of piperidine rings is 1. The summed E-state index contributed by atoms with van der Waals surface area (Å²) >= 11 is 0. The molecule has 3 aliphatic rings. The molecule has 0 aliphatic carbocycles. The van der Waals surface area contributed by atoms with Gasteiger partial charge in [-0.05, 0) is 43.0 Å². The second kappa shape index (κ2) is 5.62. The van der Waals surface area contributed by atoms with Crippen molar-refractivity contribution in [1.82, 2.24) is 0 Å². The van der Waals surface area contributed by atoms with Gasteiger partial charge >= 0.3 is 18.1 Å².